The van der Waals surface area contributed by atoms with E-state index >= 15 is 0 Å². The average Bonchev–Trinajstić information content (AvgIpc) is 2.55. The summed E-state index contributed by atoms with van der Waals surface area (Å²) in [6.45, 7) is 3.55. The van der Waals surface area contributed by atoms with E-state index in [1.807, 2.05) is 0 Å². The maximum Gasteiger partial charge on any atom is 0.417 e. The molecule has 2 N–H and O–H groups in total. The Kier molecular flexibility index (Phi) is 5.71. The molecule has 0 aliphatic rings. The molecule has 2 rings (SSSR count). The summed E-state index contributed by atoms with van der Waals surface area (Å²) in [7, 11) is 1.55. The van der Waals surface area contributed by atoms with Crippen molar-refractivity contribution in [2.24, 2.45) is 0 Å². The van der Waals surface area contributed by atoms with Gasteiger partial charge in [0.2, 0.25) is 0 Å². The third-order valence-electron chi connectivity index (χ3n) is 3.77. The SMILES string of the molecule is COc1ccc(C(C)(C)NC(=O)Nc2ccc(Cl)c(C(F)(F)F)c2)cc1. The van der Waals surface area contributed by atoms with Crippen LogP contribution in [0, 0.1) is 0 Å². The normalized spacial score (nSPS) is 11.8. The summed E-state index contributed by atoms with van der Waals surface area (Å²) in [6, 6.07) is 9.65. The minimum absolute atomic E-state index is 0.00949. The van der Waals surface area contributed by atoms with Gasteiger partial charge in [0.25, 0.3) is 0 Å². The largest absolute Gasteiger partial charge is 0.497 e. The maximum atomic E-state index is 12.9. The number of benzene rings is 2. The van der Waals surface area contributed by atoms with E-state index in [0.717, 1.165) is 17.7 Å². The molecule has 0 heterocycles. The molecule has 0 aliphatic carbocycles. The van der Waals surface area contributed by atoms with Crippen molar-refractivity contribution in [2.45, 2.75) is 25.6 Å². The fourth-order valence-electron chi connectivity index (χ4n) is 2.35. The molecule has 0 saturated carbocycles. The van der Waals surface area contributed by atoms with Crippen molar-refractivity contribution in [3.63, 3.8) is 0 Å². The molecule has 0 aromatic heterocycles. The number of anilines is 1. The summed E-state index contributed by atoms with van der Waals surface area (Å²) in [4.78, 5) is 12.2. The van der Waals surface area contributed by atoms with Gasteiger partial charge in [0.1, 0.15) is 5.75 Å². The van der Waals surface area contributed by atoms with Crippen LogP contribution in [0.2, 0.25) is 5.02 Å². The van der Waals surface area contributed by atoms with Crippen molar-refractivity contribution in [2.75, 3.05) is 12.4 Å². The number of methoxy groups -OCH3 is 1. The van der Waals surface area contributed by atoms with Crippen LogP contribution >= 0.6 is 11.6 Å². The van der Waals surface area contributed by atoms with Crippen LogP contribution < -0.4 is 15.4 Å². The number of urea groups is 1. The van der Waals surface area contributed by atoms with Crippen molar-refractivity contribution >= 4 is 23.3 Å². The third-order valence-corrected chi connectivity index (χ3v) is 4.10. The first kappa shape index (κ1) is 19.9. The van der Waals surface area contributed by atoms with Gasteiger partial charge in [-0.25, -0.2) is 4.79 Å². The second-order valence-corrected chi connectivity index (χ2v) is 6.53. The van der Waals surface area contributed by atoms with Gasteiger partial charge in [0.05, 0.1) is 23.2 Å². The Hall–Kier alpha value is -2.41. The summed E-state index contributed by atoms with van der Waals surface area (Å²) in [6.07, 6.45) is -4.60. The standard InChI is InChI=1S/C18H18ClF3N2O2/c1-17(2,11-4-7-13(26-3)8-5-11)24-16(25)23-12-6-9-15(19)14(10-12)18(20,21)22/h4-10H,1-3H3,(H2,23,24,25). The van der Waals surface area contributed by atoms with Crippen molar-refractivity contribution in [3.05, 3.63) is 58.6 Å². The zero-order valence-corrected chi connectivity index (χ0v) is 15.1. The molecular weight excluding hydrogens is 369 g/mol. The van der Waals surface area contributed by atoms with E-state index in [9.17, 15) is 18.0 Å². The summed E-state index contributed by atoms with van der Waals surface area (Å²) in [5.41, 5.74) is -0.966. The molecule has 26 heavy (non-hydrogen) atoms. The molecule has 0 fully saturated rings. The Balaban J connectivity index is 2.12. The van der Waals surface area contributed by atoms with Crippen molar-refractivity contribution in [1.82, 2.24) is 5.32 Å². The van der Waals surface area contributed by atoms with E-state index in [4.69, 9.17) is 16.3 Å². The van der Waals surface area contributed by atoms with Crippen LogP contribution in [0.5, 0.6) is 5.75 Å². The zero-order valence-electron chi connectivity index (χ0n) is 14.4. The van der Waals surface area contributed by atoms with Gasteiger partial charge in [-0.15, -0.1) is 0 Å². The van der Waals surface area contributed by atoms with Gasteiger partial charge in [0.15, 0.2) is 0 Å². The predicted octanol–water partition coefficient (Wildman–Crippen LogP) is 5.42. The molecular formula is C18H18ClF3N2O2. The Morgan fingerprint density at radius 1 is 1.08 bits per heavy atom. The second-order valence-electron chi connectivity index (χ2n) is 6.13. The van der Waals surface area contributed by atoms with Crippen LogP contribution in [0.3, 0.4) is 0 Å². The lowest BCUT2D eigenvalue weighted by Gasteiger charge is -2.27. The van der Waals surface area contributed by atoms with Crippen molar-refractivity contribution < 1.29 is 22.7 Å². The van der Waals surface area contributed by atoms with Crippen LogP contribution in [-0.2, 0) is 11.7 Å². The first-order valence-electron chi connectivity index (χ1n) is 7.63. The number of ether oxygens (including phenoxy) is 1. The smallest absolute Gasteiger partial charge is 0.417 e. The summed E-state index contributed by atoms with van der Waals surface area (Å²) < 4.78 is 43.8. The molecule has 2 aromatic carbocycles. The third kappa shape index (κ3) is 4.82. The summed E-state index contributed by atoms with van der Waals surface area (Å²) >= 11 is 5.57. The van der Waals surface area contributed by atoms with Crippen LogP contribution in [-0.4, -0.2) is 13.1 Å². The minimum atomic E-state index is -4.60. The molecule has 4 nitrogen and oxygen atoms in total. The molecule has 0 aliphatic heterocycles. The molecule has 140 valence electrons. The van der Waals surface area contributed by atoms with Gasteiger partial charge in [-0.3, -0.25) is 0 Å². The fourth-order valence-corrected chi connectivity index (χ4v) is 2.57. The minimum Gasteiger partial charge on any atom is -0.497 e. The van der Waals surface area contributed by atoms with E-state index in [0.29, 0.717) is 5.75 Å². The first-order valence-corrected chi connectivity index (χ1v) is 8.01. The van der Waals surface area contributed by atoms with E-state index in [1.165, 1.54) is 6.07 Å². The maximum absolute atomic E-state index is 12.9. The number of halogens is 4. The highest BCUT2D eigenvalue weighted by Gasteiger charge is 2.33. The number of amides is 2. The van der Waals surface area contributed by atoms with Crippen LogP contribution in [0.4, 0.5) is 23.7 Å². The lowest BCUT2D eigenvalue weighted by molar-refractivity contribution is -0.137. The van der Waals surface area contributed by atoms with E-state index in [-0.39, 0.29) is 5.69 Å². The number of alkyl halides is 3. The van der Waals surface area contributed by atoms with Crippen molar-refractivity contribution in [1.29, 1.82) is 0 Å². The predicted molar refractivity (Wildman–Crippen MR) is 94.6 cm³/mol. The van der Waals surface area contributed by atoms with Gasteiger partial charge in [-0.1, -0.05) is 23.7 Å². The van der Waals surface area contributed by atoms with Crippen LogP contribution in [0.1, 0.15) is 25.0 Å². The second kappa shape index (κ2) is 7.45. The molecule has 0 saturated heterocycles. The van der Waals surface area contributed by atoms with Gasteiger partial charge in [-0.2, -0.15) is 13.2 Å². The van der Waals surface area contributed by atoms with Gasteiger partial charge in [0, 0.05) is 5.69 Å². The average molecular weight is 387 g/mol. The Labute approximate surface area is 154 Å². The number of hydrogen-bond acceptors (Lipinski definition) is 2. The van der Waals surface area contributed by atoms with E-state index in [2.05, 4.69) is 10.6 Å². The Morgan fingerprint density at radius 2 is 1.69 bits per heavy atom. The Morgan fingerprint density at radius 3 is 2.23 bits per heavy atom. The highest BCUT2D eigenvalue weighted by atomic mass is 35.5. The van der Waals surface area contributed by atoms with Crippen LogP contribution in [0.15, 0.2) is 42.5 Å². The fraction of sp³-hybridized carbons (Fsp3) is 0.278. The number of carbonyl (C=O) groups is 1. The zero-order chi connectivity index (χ0) is 19.5. The van der Waals surface area contributed by atoms with Gasteiger partial charge >= 0.3 is 12.2 Å². The summed E-state index contributed by atoms with van der Waals surface area (Å²) in [5.74, 6) is 0.676. The number of carbonyl (C=O) groups excluding carboxylic acids is 1. The van der Waals surface area contributed by atoms with E-state index < -0.39 is 28.3 Å². The molecule has 0 atom stereocenters. The lowest BCUT2D eigenvalue weighted by atomic mass is 9.94. The highest BCUT2D eigenvalue weighted by Crippen LogP contribution is 2.36. The molecule has 0 spiro atoms. The van der Waals surface area contributed by atoms with Crippen LogP contribution in [0.25, 0.3) is 0 Å². The summed E-state index contributed by atoms with van der Waals surface area (Å²) in [5, 5.41) is 4.69. The lowest BCUT2D eigenvalue weighted by Crippen LogP contribution is -2.43. The quantitative estimate of drug-likeness (QED) is 0.736. The number of nitrogens with one attached hydrogen (secondary N) is 2. The number of hydrogen-bond donors (Lipinski definition) is 2. The van der Waals surface area contributed by atoms with Gasteiger partial charge < -0.3 is 15.4 Å². The molecule has 2 aromatic rings. The topological polar surface area (TPSA) is 50.4 Å². The molecule has 0 unspecified atom stereocenters. The molecule has 0 radical (unpaired) electrons. The molecule has 8 heteroatoms. The molecule has 0 bridgehead atoms. The Bertz CT molecular complexity index is 790. The molecule has 2 amide bonds. The first-order chi connectivity index (χ1) is 12.0. The highest BCUT2D eigenvalue weighted by molar-refractivity contribution is 6.31. The monoisotopic (exact) mass is 386 g/mol. The van der Waals surface area contributed by atoms with Gasteiger partial charge in [-0.05, 0) is 49.7 Å². The number of rotatable bonds is 4. The van der Waals surface area contributed by atoms with Crippen molar-refractivity contribution in [3.8, 4) is 5.75 Å². The van der Waals surface area contributed by atoms with E-state index in [1.54, 1.807) is 45.2 Å².